The maximum atomic E-state index is 14.1. The van der Waals surface area contributed by atoms with Gasteiger partial charge in [-0.3, -0.25) is 0 Å². The molecule has 1 saturated heterocycles. The van der Waals surface area contributed by atoms with Crippen LogP contribution in [-0.4, -0.2) is 25.7 Å². The third kappa shape index (κ3) is 3.48. The van der Waals surface area contributed by atoms with E-state index < -0.39 is 17.6 Å². The Morgan fingerprint density at radius 1 is 1.29 bits per heavy atom. The number of alkyl halides is 3. The number of benzene rings is 1. The summed E-state index contributed by atoms with van der Waals surface area (Å²) in [5.74, 6) is -0.806. The maximum absolute atomic E-state index is 14.1. The molecule has 1 aliphatic heterocycles. The quantitative estimate of drug-likeness (QED) is 0.854. The molecule has 0 aromatic heterocycles. The van der Waals surface area contributed by atoms with Gasteiger partial charge in [0.15, 0.2) is 0 Å². The fourth-order valence-electron chi connectivity index (χ4n) is 2.88. The van der Waals surface area contributed by atoms with Crippen molar-refractivity contribution in [2.24, 2.45) is 0 Å². The summed E-state index contributed by atoms with van der Waals surface area (Å²) in [5, 5.41) is 3.15. The maximum Gasteiger partial charge on any atom is 0.416 e. The lowest BCUT2D eigenvalue weighted by Crippen LogP contribution is -2.50. The summed E-state index contributed by atoms with van der Waals surface area (Å²) < 4.78 is 52.0. The number of rotatable bonds is 3. The number of anilines is 1. The second-order valence-corrected chi connectivity index (χ2v) is 5.50. The van der Waals surface area contributed by atoms with Crippen molar-refractivity contribution < 1.29 is 17.6 Å². The number of halogens is 4. The molecule has 2 rings (SSSR count). The lowest BCUT2D eigenvalue weighted by Gasteiger charge is -2.41. The molecule has 21 heavy (non-hydrogen) atoms. The van der Waals surface area contributed by atoms with E-state index in [1.807, 2.05) is 18.9 Å². The molecule has 1 aliphatic rings. The van der Waals surface area contributed by atoms with Crippen LogP contribution in [0.4, 0.5) is 23.2 Å². The predicted octanol–water partition coefficient (Wildman–Crippen LogP) is 3.81. The van der Waals surface area contributed by atoms with Crippen LogP contribution in [0, 0.1) is 5.82 Å². The average molecular weight is 304 g/mol. The molecule has 0 bridgehead atoms. The minimum absolute atomic E-state index is 0.0926. The van der Waals surface area contributed by atoms with Gasteiger partial charge < -0.3 is 10.2 Å². The summed E-state index contributed by atoms with van der Waals surface area (Å²) in [5.41, 5.74) is -0.686. The number of hydrogen-bond donors (Lipinski definition) is 1. The van der Waals surface area contributed by atoms with Crippen LogP contribution in [0.2, 0.25) is 0 Å². The van der Waals surface area contributed by atoms with Crippen molar-refractivity contribution in [3.05, 3.63) is 29.6 Å². The highest BCUT2D eigenvalue weighted by Gasteiger charge is 2.33. The van der Waals surface area contributed by atoms with E-state index in [-0.39, 0.29) is 17.8 Å². The topological polar surface area (TPSA) is 15.3 Å². The number of likely N-dealkylation sites (N-methyl/N-ethyl adjacent to an activating group) is 1. The molecule has 0 amide bonds. The van der Waals surface area contributed by atoms with E-state index >= 15 is 0 Å². The van der Waals surface area contributed by atoms with Gasteiger partial charge in [-0.2, -0.15) is 13.2 Å². The summed E-state index contributed by atoms with van der Waals surface area (Å²) in [4.78, 5) is 1.89. The molecule has 0 radical (unpaired) electrons. The van der Waals surface area contributed by atoms with Crippen LogP contribution in [0.3, 0.4) is 0 Å². The van der Waals surface area contributed by atoms with Gasteiger partial charge in [0.1, 0.15) is 5.82 Å². The second-order valence-electron chi connectivity index (χ2n) is 5.50. The molecule has 1 aromatic rings. The second kappa shape index (κ2) is 6.22. The van der Waals surface area contributed by atoms with E-state index in [4.69, 9.17) is 0 Å². The monoisotopic (exact) mass is 304 g/mol. The number of hydrogen-bond acceptors (Lipinski definition) is 2. The SMILES string of the molecule is CNC(C)C1CCCCN1c1ccc(C(F)(F)F)cc1F. The first-order chi connectivity index (χ1) is 9.84. The van der Waals surface area contributed by atoms with Gasteiger partial charge in [0.05, 0.1) is 11.3 Å². The first-order valence-electron chi connectivity index (χ1n) is 7.15. The Hall–Kier alpha value is -1.30. The van der Waals surface area contributed by atoms with Crippen molar-refractivity contribution in [2.45, 2.75) is 44.4 Å². The highest BCUT2D eigenvalue weighted by Crippen LogP contribution is 2.34. The summed E-state index contributed by atoms with van der Waals surface area (Å²) >= 11 is 0. The van der Waals surface area contributed by atoms with Crippen LogP contribution in [0.25, 0.3) is 0 Å². The molecular formula is C15H20F4N2. The lowest BCUT2D eigenvalue weighted by molar-refractivity contribution is -0.137. The Labute approximate surface area is 122 Å². The van der Waals surface area contributed by atoms with Crippen LogP contribution >= 0.6 is 0 Å². The van der Waals surface area contributed by atoms with Crippen LogP contribution in [0.5, 0.6) is 0 Å². The molecule has 0 aliphatic carbocycles. The summed E-state index contributed by atoms with van der Waals surface area (Å²) in [6, 6.07) is 3.03. The van der Waals surface area contributed by atoms with Gasteiger partial charge in [-0.05, 0) is 51.4 Å². The van der Waals surface area contributed by atoms with E-state index in [1.54, 1.807) is 0 Å². The van der Waals surface area contributed by atoms with Crippen molar-refractivity contribution in [3.63, 3.8) is 0 Å². The van der Waals surface area contributed by atoms with Gasteiger partial charge >= 0.3 is 6.18 Å². The van der Waals surface area contributed by atoms with E-state index in [0.29, 0.717) is 12.6 Å². The lowest BCUT2D eigenvalue weighted by atomic mass is 9.95. The van der Waals surface area contributed by atoms with Crippen LogP contribution in [-0.2, 0) is 6.18 Å². The van der Waals surface area contributed by atoms with E-state index in [9.17, 15) is 17.6 Å². The minimum atomic E-state index is -4.51. The molecule has 1 aromatic carbocycles. The van der Waals surface area contributed by atoms with Crippen molar-refractivity contribution in [2.75, 3.05) is 18.5 Å². The van der Waals surface area contributed by atoms with Gasteiger partial charge in [-0.25, -0.2) is 4.39 Å². The normalized spacial score (nSPS) is 21.4. The molecule has 1 N–H and O–H groups in total. The molecule has 2 atom stereocenters. The molecule has 0 saturated carbocycles. The van der Waals surface area contributed by atoms with Crippen molar-refractivity contribution >= 4 is 5.69 Å². The molecule has 0 spiro atoms. The van der Waals surface area contributed by atoms with E-state index in [2.05, 4.69) is 5.32 Å². The van der Waals surface area contributed by atoms with Gasteiger partial charge in [0.2, 0.25) is 0 Å². The first kappa shape index (κ1) is 16.1. The van der Waals surface area contributed by atoms with E-state index in [1.165, 1.54) is 6.07 Å². The predicted molar refractivity (Wildman–Crippen MR) is 74.9 cm³/mol. The Morgan fingerprint density at radius 3 is 2.57 bits per heavy atom. The third-order valence-electron chi connectivity index (χ3n) is 4.17. The molecule has 6 heteroatoms. The molecule has 2 unspecified atom stereocenters. The van der Waals surface area contributed by atoms with Crippen molar-refractivity contribution in [1.29, 1.82) is 0 Å². The Morgan fingerprint density at radius 2 is 2.00 bits per heavy atom. The summed E-state index contributed by atoms with van der Waals surface area (Å²) in [6.45, 7) is 2.67. The van der Waals surface area contributed by atoms with Gasteiger partial charge in [0, 0.05) is 18.6 Å². The van der Waals surface area contributed by atoms with Crippen LogP contribution in [0.15, 0.2) is 18.2 Å². The number of piperidine rings is 1. The first-order valence-corrected chi connectivity index (χ1v) is 7.15. The average Bonchev–Trinajstić information content (AvgIpc) is 2.45. The molecular weight excluding hydrogens is 284 g/mol. The van der Waals surface area contributed by atoms with E-state index in [0.717, 1.165) is 25.3 Å². The Balaban J connectivity index is 2.31. The van der Waals surface area contributed by atoms with Gasteiger partial charge in [-0.1, -0.05) is 0 Å². The fourth-order valence-corrected chi connectivity index (χ4v) is 2.88. The number of nitrogens with zero attached hydrogens (tertiary/aromatic N) is 1. The largest absolute Gasteiger partial charge is 0.416 e. The summed E-state index contributed by atoms with van der Waals surface area (Å²) in [7, 11) is 1.83. The summed E-state index contributed by atoms with van der Waals surface area (Å²) in [6.07, 6.45) is -1.63. The standard InChI is InChI=1S/C15H20F4N2/c1-10(20-2)13-5-3-4-8-21(13)14-7-6-11(9-12(14)16)15(17,18)19/h6-7,9-10,13,20H,3-5,8H2,1-2H3. The van der Waals surface area contributed by atoms with Crippen molar-refractivity contribution in [3.8, 4) is 0 Å². The smallest absolute Gasteiger partial charge is 0.365 e. The zero-order valence-electron chi connectivity index (χ0n) is 12.2. The minimum Gasteiger partial charge on any atom is -0.365 e. The highest BCUT2D eigenvalue weighted by atomic mass is 19.4. The zero-order chi connectivity index (χ0) is 15.6. The Kier molecular flexibility index (Phi) is 4.76. The van der Waals surface area contributed by atoms with Gasteiger partial charge in [0.25, 0.3) is 0 Å². The molecule has 2 nitrogen and oxygen atoms in total. The Bertz CT molecular complexity index is 487. The molecule has 118 valence electrons. The molecule has 1 fully saturated rings. The third-order valence-corrected chi connectivity index (χ3v) is 4.17. The fraction of sp³-hybridized carbons (Fsp3) is 0.600. The molecule has 1 heterocycles. The van der Waals surface area contributed by atoms with Crippen molar-refractivity contribution in [1.82, 2.24) is 5.32 Å². The highest BCUT2D eigenvalue weighted by molar-refractivity contribution is 5.51. The number of nitrogens with one attached hydrogen (secondary N) is 1. The zero-order valence-corrected chi connectivity index (χ0v) is 12.2. The van der Waals surface area contributed by atoms with Gasteiger partial charge in [-0.15, -0.1) is 0 Å². The van der Waals surface area contributed by atoms with Crippen LogP contribution in [0.1, 0.15) is 31.7 Å². The van der Waals surface area contributed by atoms with Crippen LogP contribution < -0.4 is 10.2 Å².